The second kappa shape index (κ2) is 6.96. The zero-order chi connectivity index (χ0) is 18.0. The monoisotopic (exact) mass is 343 g/mol. The van der Waals surface area contributed by atoms with Crippen LogP contribution in [0.1, 0.15) is 48.2 Å². The molecule has 0 bridgehead atoms. The molecule has 1 aliphatic carbocycles. The largest absolute Gasteiger partial charge is 0.481 e. The maximum atomic E-state index is 12.4. The Bertz CT molecular complexity index is 819. The Balaban J connectivity index is 1.63. The van der Waals surface area contributed by atoms with Gasteiger partial charge in [-0.2, -0.15) is 0 Å². The lowest BCUT2D eigenvalue weighted by molar-refractivity contribution is -0.138. The van der Waals surface area contributed by atoms with Crippen molar-refractivity contribution in [2.45, 2.75) is 38.1 Å². The van der Waals surface area contributed by atoms with E-state index in [-0.39, 0.29) is 35.9 Å². The van der Waals surface area contributed by atoms with Crippen LogP contribution in [0.5, 0.6) is 0 Å². The van der Waals surface area contributed by atoms with E-state index in [0.29, 0.717) is 11.1 Å². The van der Waals surface area contributed by atoms with E-state index in [4.69, 9.17) is 20.7 Å². The fourth-order valence-electron chi connectivity index (χ4n) is 3.34. The molecule has 0 aliphatic heterocycles. The summed E-state index contributed by atoms with van der Waals surface area (Å²) in [5.41, 5.74) is 6.62. The number of aliphatic carboxylic acids is 1. The van der Waals surface area contributed by atoms with Crippen LogP contribution < -0.4 is 11.1 Å². The number of hydrogen-bond donors (Lipinski definition) is 4. The highest BCUT2D eigenvalue weighted by atomic mass is 16.4. The first-order valence-corrected chi connectivity index (χ1v) is 8.33. The van der Waals surface area contributed by atoms with Gasteiger partial charge in [-0.15, -0.1) is 0 Å². The molecule has 0 atom stereocenters. The van der Waals surface area contributed by atoms with Crippen molar-refractivity contribution in [3.63, 3.8) is 0 Å². The lowest BCUT2D eigenvalue weighted by Gasteiger charge is -2.27. The highest BCUT2D eigenvalue weighted by Gasteiger charge is 2.25. The standard InChI is InChI=1S/C18H21N3O4/c19-17(20)11-3-6-14-12(8-11)9-15(25-14)18(24)21-13-4-1-10(2-5-13)7-16(22)23/h3,6,8-10,13H,1-2,4-5,7H2,(H3,19,20)(H,21,24)(H,22,23)/t10-,13-. The van der Waals surface area contributed by atoms with Crippen LogP contribution in [0.2, 0.25) is 0 Å². The van der Waals surface area contributed by atoms with Crippen molar-refractivity contribution >= 4 is 28.7 Å². The maximum Gasteiger partial charge on any atom is 0.303 e. The molecule has 25 heavy (non-hydrogen) atoms. The van der Waals surface area contributed by atoms with Gasteiger partial charge in [-0.25, -0.2) is 0 Å². The van der Waals surface area contributed by atoms with E-state index in [1.54, 1.807) is 24.3 Å². The van der Waals surface area contributed by atoms with Crippen LogP contribution in [-0.4, -0.2) is 28.9 Å². The molecule has 1 aromatic heterocycles. The van der Waals surface area contributed by atoms with Gasteiger partial charge in [-0.05, 0) is 55.9 Å². The van der Waals surface area contributed by atoms with Gasteiger partial charge in [-0.1, -0.05) is 0 Å². The predicted octanol–water partition coefficient (Wildman–Crippen LogP) is 2.48. The third kappa shape index (κ3) is 3.99. The van der Waals surface area contributed by atoms with Gasteiger partial charge in [0, 0.05) is 23.4 Å². The van der Waals surface area contributed by atoms with Crippen LogP contribution in [0.15, 0.2) is 28.7 Å². The van der Waals surface area contributed by atoms with Crippen molar-refractivity contribution in [2.24, 2.45) is 11.7 Å². The Labute approximate surface area is 144 Å². The minimum absolute atomic E-state index is 0.0350. The number of amidine groups is 1. The number of benzene rings is 1. The molecule has 0 radical (unpaired) electrons. The Morgan fingerprint density at radius 2 is 1.96 bits per heavy atom. The summed E-state index contributed by atoms with van der Waals surface area (Å²) < 4.78 is 5.58. The van der Waals surface area contributed by atoms with Crippen molar-refractivity contribution in [2.75, 3.05) is 0 Å². The molecule has 7 heteroatoms. The lowest BCUT2D eigenvalue weighted by atomic mass is 9.84. The molecule has 1 heterocycles. The number of nitrogens with two attached hydrogens (primary N) is 1. The van der Waals surface area contributed by atoms with Crippen molar-refractivity contribution in [3.8, 4) is 0 Å². The predicted molar refractivity (Wildman–Crippen MR) is 92.7 cm³/mol. The van der Waals surface area contributed by atoms with Gasteiger partial charge >= 0.3 is 5.97 Å². The first kappa shape index (κ1) is 17.0. The Hall–Kier alpha value is -2.83. The average molecular weight is 343 g/mol. The summed E-state index contributed by atoms with van der Waals surface area (Å²) in [6, 6.07) is 6.78. The zero-order valence-electron chi connectivity index (χ0n) is 13.7. The molecule has 1 fully saturated rings. The Kier molecular flexibility index (Phi) is 4.74. The Morgan fingerprint density at radius 1 is 1.24 bits per heavy atom. The summed E-state index contributed by atoms with van der Waals surface area (Å²) >= 11 is 0. The molecule has 1 aliphatic rings. The number of amides is 1. The van der Waals surface area contributed by atoms with E-state index < -0.39 is 5.97 Å². The summed E-state index contributed by atoms with van der Waals surface area (Å²) in [5.74, 6) is -0.653. The van der Waals surface area contributed by atoms with Gasteiger partial charge in [0.2, 0.25) is 0 Å². The van der Waals surface area contributed by atoms with Gasteiger partial charge in [0.15, 0.2) is 5.76 Å². The second-order valence-electron chi connectivity index (χ2n) is 6.57. The van der Waals surface area contributed by atoms with Crippen molar-refractivity contribution in [1.82, 2.24) is 5.32 Å². The minimum atomic E-state index is -0.764. The van der Waals surface area contributed by atoms with E-state index in [2.05, 4.69) is 5.32 Å². The second-order valence-corrected chi connectivity index (χ2v) is 6.57. The molecule has 132 valence electrons. The van der Waals surface area contributed by atoms with E-state index in [0.717, 1.165) is 31.1 Å². The van der Waals surface area contributed by atoms with Crippen molar-refractivity contribution in [3.05, 3.63) is 35.6 Å². The number of furan rings is 1. The number of rotatable bonds is 5. The van der Waals surface area contributed by atoms with E-state index in [1.807, 2.05) is 0 Å². The molecular weight excluding hydrogens is 322 g/mol. The third-order valence-electron chi connectivity index (χ3n) is 4.70. The highest BCUT2D eigenvalue weighted by Crippen LogP contribution is 2.27. The molecule has 1 amide bonds. The van der Waals surface area contributed by atoms with E-state index >= 15 is 0 Å². The van der Waals surface area contributed by atoms with Crippen molar-refractivity contribution < 1.29 is 19.1 Å². The van der Waals surface area contributed by atoms with Crippen LogP contribution >= 0.6 is 0 Å². The number of hydrogen-bond acceptors (Lipinski definition) is 4. The molecule has 3 rings (SSSR count). The summed E-state index contributed by atoms with van der Waals surface area (Å²) in [6.07, 6.45) is 3.36. The molecule has 7 nitrogen and oxygen atoms in total. The summed E-state index contributed by atoms with van der Waals surface area (Å²) in [5, 5.41) is 20.0. The van der Waals surface area contributed by atoms with Gasteiger partial charge in [-0.3, -0.25) is 15.0 Å². The third-order valence-corrected chi connectivity index (χ3v) is 4.70. The molecule has 0 spiro atoms. The Morgan fingerprint density at radius 3 is 2.60 bits per heavy atom. The SMILES string of the molecule is N=C(N)c1ccc2oc(C(=O)N[C@H]3CC[C@H](CC(=O)O)CC3)cc2c1. The van der Waals surface area contributed by atoms with Crippen molar-refractivity contribution in [1.29, 1.82) is 5.41 Å². The number of carbonyl (C=O) groups excluding carboxylic acids is 1. The quantitative estimate of drug-likeness (QED) is 0.489. The topological polar surface area (TPSA) is 129 Å². The smallest absolute Gasteiger partial charge is 0.303 e. The zero-order valence-corrected chi connectivity index (χ0v) is 13.7. The van der Waals surface area contributed by atoms with Gasteiger partial charge in [0.25, 0.3) is 5.91 Å². The summed E-state index contributed by atoms with van der Waals surface area (Å²) in [6.45, 7) is 0. The van der Waals surface area contributed by atoms with Gasteiger partial charge in [0.1, 0.15) is 11.4 Å². The first-order valence-electron chi connectivity index (χ1n) is 8.33. The number of nitrogens with one attached hydrogen (secondary N) is 2. The fraction of sp³-hybridized carbons (Fsp3) is 0.389. The fourth-order valence-corrected chi connectivity index (χ4v) is 3.34. The van der Waals surface area contributed by atoms with Crippen LogP contribution in [0.4, 0.5) is 0 Å². The summed E-state index contributed by atoms with van der Waals surface area (Å²) in [7, 11) is 0. The molecule has 1 saturated carbocycles. The molecule has 5 N–H and O–H groups in total. The maximum absolute atomic E-state index is 12.4. The van der Waals surface area contributed by atoms with Gasteiger partial charge in [0.05, 0.1) is 0 Å². The van der Waals surface area contributed by atoms with E-state index in [1.165, 1.54) is 0 Å². The van der Waals surface area contributed by atoms with Crippen LogP contribution in [0.3, 0.4) is 0 Å². The van der Waals surface area contributed by atoms with Gasteiger partial charge < -0.3 is 20.6 Å². The number of carbonyl (C=O) groups is 2. The molecule has 1 aromatic carbocycles. The normalized spacial score (nSPS) is 20.3. The lowest BCUT2D eigenvalue weighted by Crippen LogP contribution is -2.37. The average Bonchev–Trinajstić information content (AvgIpc) is 2.99. The number of fused-ring (bicyclic) bond motifs is 1. The number of carboxylic acid groups (broad SMARTS) is 1. The van der Waals surface area contributed by atoms with Crippen LogP contribution in [0.25, 0.3) is 11.0 Å². The molecule has 2 aromatic rings. The molecule has 0 unspecified atom stereocenters. The van der Waals surface area contributed by atoms with E-state index in [9.17, 15) is 9.59 Å². The summed E-state index contributed by atoms with van der Waals surface area (Å²) in [4.78, 5) is 23.2. The number of carboxylic acids is 1. The first-order chi connectivity index (χ1) is 11.9. The number of nitrogen functional groups attached to an aromatic ring is 1. The van der Waals surface area contributed by atoms with Crippen LogP contribution in [-0.2, 0) is 4.79 Å². The minimum Gasteiger partial charge on any atom is -0.481 e. The van der Waals surface area contributed by atoms with Crippen LogP contribution in [0, 0.1) is 11.3 Å². The molecule has 0 saturated heterocycles. The molecular formula is C18H21N3O4. The highest BCUT2D eigenvalue weighted by molar-refractivity contribution is 6.00.